The zero-order valence-corrected chi connectivity index (χ0v) is 17.4. The van der Waals surface area contributed by atoms with Crippen LogP contribution in [0.4, 0.5) is 0 Å². The highest BCUT2D eigenvalue weighted by molar-refractivity contribution is 7.90. The molecule has 3 aromatic carbocycles. The molecule has 0 aromatic heterocycles. The number of aliphatic hydroxyl groups is 1. The summed E-state index contributed by atoms with van der Waals surface area (Å²) in [7, 11) is -3.76. The molecule has 0 saturated heterocycles. The molecular weight excluding hydrogens is 414 g/mol. The SMILES string of the molecule is O=S1(=O)N=C(N(CCO)/N=C/c2ccc(OCc3ccccc3)cc2)c2ccccc21. The second-order valence-electron chi connectivity index (χ2n) is 6.82. The maximum absolute atomic E-state index is 12.3. The van der Waals surface area contributed by atoms with Crippen molar-refractivity contribution in [1.29, 1.82) is 0 Å². The van der Waals surface area contributed by atoms with Crippen LogP contribution in [0.3, 0.4) is 0 Å². The van der Waals surface area contributed by atoms with Gasteiger partial charge in [-0.3, -0.25) is 0 Å². The largest absolute Gasteiger partial charge is 0.489 e. The van der Waals surface area contributed by atoms with Crippen LogP contribution in [0.5, 0.6) is 5.75 Å². The average molecular weight is 436 g/mol. The summed E-state index contributed by atoms with van der Waals surface area (Å²) < 4.78 is 34.2. The Kier molecular flexibility index (Phi) is 6.11. The van der Waals surface area contributed by atoms with Crippen LogP contribution in [0.2, 0.25) is 0 Å². The van der Waals surface area contributed by atoms with Crippen LogP contribution in [0.15, 0.2) is 93.3 Å². The molecule has 0 aliphatic carbocycles. The Morgan fingerprint density at radius 3 is 2.42 bits per heavy atom. The summed E-state index contributed by atoms with van der Waals surface area (Å²) in [5, 5.41) is 15.2. The first-order chi connectivity index (χ1) is 15.1. The summed E-state index contributed by atoms with van der Waals surface area (Å²) in [6.45, 7) is 0.383. The van der Waals surface area contributed by atoms with Gasteiger partial charge in [-0.15, -0.1) is 4.40 Å². The Morgan fingerprint density at radius 2 is 1.68 bits per heavy atom. The van der Waals surface area contributed by atoms with Gasteiger partial charge in [-0.1, -0.05) is 42.5 Å². The first kappa shape index (κ1) is 20.8. The standard InChI is InChI=1S/C23H21N3O4S/c27-15-14-26(23-21-8-4-5-9-22(21)31(28,29)25-23)24-16-18-10-12-20(13-11-18)30-17-19-6-2-1-3-7-19/h1-13,16,27H,14-15,17H2/b24-16+. The molecule has 31 heavy (non-hydrogen) atoms. The van der Waals surface area contributed by atoms with E-state index >= 15 is 0 Å². The van der Waals surface area contributed by atoms with E-state index in [1.54, 1.807) is 24.4 Å². The molecule has 1 aliphatic heterocycles. The molecule has 1 heterocycles. The van der Waals surface area contributed by atoms with E-state index in [0.29, 0.717) is 12.2 Å². The molecule has 158 valence electrons. The Bertz CT molecular complexity index is 1210. The van der Waals surface area contributed by atoms with E-state index in [1.807, 2.05) is 54.6 Å². The van der Waals surface area contributed by atoms with E-state index in [-0.39, 0.29) is 23.9 Å². The van der Waals surface area contributed by atoms with Crippen molar-refractivity contribution < 1.29 is 18.3 Å². The zero-order valence-electron chi connectivity index (χ0n) is 16.6. The molecule has 1 aliphatic rings. The van der Waals surface area contributed by atoms with E-state index in [0.717, 1.165) is 16.9 Å². The van der Waals surface area contributed by atoms with Crippen LogP contribution >= 0.6 is 0 Å². The van der Waals surface area contributed by atoms with Gasteiger partial charge < -0.3 is 9.84 Å². The molecule has 4 rings (SSSR count). The lowest BCUT2D eigenvalue weighted by atomic mass is 10.2. The zero-order chi connectivity index (χ0) is 21.7. The lowest BCUT2D eigenvalue weighted by Crippen LogP contribution is -2.28. The van der Waals surface area contributed by atoms with Crippen molar-refractivity contribution in [2.24, 2.45) is 9.50 Å². The van der Waals surface area contributed by atoms with Crippen LogP contribution < -0.4 is 4.74 Å². The number of rotatable bonds is 7. The number of hydrazone groups is 1. The van der Waals surface area contributed by atoms with Crippen molar-refractivity contribution in [2.45, 2.75) is 11.5 Å². The molecule has 0 saturated carbocycles. The van der Waals surface area contributed by atoms with Crippen molar-refractivity contribution in [3.05, 3.63) is 95.6 Å². The molecule has 0 unspecified atom stereocenters. The van der Waals surface area contributed by atoms with Crippen molar-refractivity contribution in [3.63, 3.8) is 0 Å². The van der Waals surface area contributed by atoms with Crippen LogP contribution in [0.1, 0.15) is 16.7 Å². The maximum atomic E-state index is 12.3. The van der Waals surface area contributed by atoms with Gasteiger partial charge in [-0.2, -0.15) is 13.5 Å². The average Bonchev–Trinajstić information content (AvgIpc) is 3.07. The second-order valence-corrected chi connectivity index (χ2v) is 8.39. The molecule has 0 radical (unpaired) electrons. The summed E-state index contributed by atoms with van der Waals surface area (Å²) in [6.07, 6.45) is 1.59. The minimum atomic E-state index is -3.76. The Labute approximate surface area is 181 Å². The first-order valence-electron chi connectivity index (χ1n) is 9.70. The topological polar surface area (TPSA) is 91.6 Å². The third-order valence-corrected chi connectivity index (χ3v) is 5.97. The highest BCUT2D eigenvalue weighted by Gasteiger charge is 2.31. The fourth-order valence-corrected chi connectivity index (χ4v) is 4.32. The molecule has 0 fully saturated rings. The number of hydrogen-bond donors (Lipinski definition) is 1. The summed E-state index contributed by atoms with van der Waals surface area (Å²) in [5.41, 5.74) is 2.35. The van der Waals surface area contributed by atoms with E-state index in [9.17, 15) is 13.5 Å². The molecule has 0 spiro atoms. The quantitative estimate of drug-likeness (QED) is 0.455. The van der Waals surface area contributed by atoms with Crippen molar-refractivity contribution in [2.75, 3.05) is 13.2 Å². The van der Waals surface area contributed by atoms with Crippen LogP contribution in [0.25, 0.3) is 0 Å². The summed E-state index contributed by atoms with van der Waals surface area (Å²) >= 11 is 0. The van der Waals surface area contributed by atoms with Gasteiger partial charge in [0.2, 0.25) is 0 Å². The van der Waals surface area contributed by atoms with E-state index < -0.39 is 10.0 Å². The third kappa shape index (κ3) is 4.82. The molecule has 0 bridgehead atoms. The predicted molar refractivity (Wildman–Crippen MR) is 119 cm³/mol. The molecule has 3 aromatic rings. The monoisotopic (exact) mass is 435 g/mol. The highest BCUT2D eigenvalue weighted by Crippen LogP contribution is 2.27. The molecule has 1 N–H and O–H groups in total. The normalized spacial score (nSPS) is 14.3. The smallest absolute Gasteiger partial charge is 0.285 e. The maximum Gasteiger partial charge on any atom is 0.285 e. The lowest BCUT2D eigenvalue weighted by molar-refractivity contribution is 0.254. The van der Waals surface area contributed by atoms with E-state index in [1.165, 1.54) is 11.1 Å². The number of sulfonamides is 1. The Balaban J connectivity index is 1.48. The number of nitrogens with zero attached hydrogens (tertiary/aromatic N) is 3. The number of benzene rings is 3. The number of fused-ring (bicyclic) bond motifs is 1. The third-order valence-electron chi connectivity index (χ3n) is 4.64. The van der Waals surface area contributed by atoms with Crippen molar-refractivity contribution >= 4 is 22.1 Å². The van der Waals surface area contributed by atoms with Crippen LogP contribution in [-0.2, 0) is 16.6 Å². The molecule has 8 heteroatoms. The van der Waals surface area contributed by atoms with Gasteiger partial charge in [0.15, 0.2) is 5.84 Å². The molecule has 0 amide bonds. The number of ether oxygens (including phenoxy) is 1. The number of amidine groups is 1. The minimum Gasteiger partial charge on any atom is -0.489 e. The van der Waals surface area contributed by atoms with E-state index in [4.69, 9.17) is 4.74 Å². The van der Waals surface area contributed by atoms with Gasteiger partial charge >= 0.3 is 0 Å². The highest BCUT2D eigenvalue weighted by atomic mass is 32.2. The molecule has 7 nitrogen and oxygen atoms in total. The first-order valence-corrected chi connectivity index (χ1v) is 11.1. The fraction of sp³-hybridized carbons (Fsp3) is 0.130. The molecular formula is C23H21N3O4S. The second kappa shape index (κ2) is 9.11. The van der Waals surface area contributed by atoms with Gasteiger partial charge in [-0.25, -0.2) is 5.01 Å². The van der Waals surface area contributed by atoms with Gasteiger partial charge in [-0.05, 0) is 47.5 Å². The minimum absolute atomic E-state index is 0.109. The van der Waals surface area contributed by atoms with Gasteiger partial charge in [0.25, 0.3) is 10.0 Å². The Hall–Kier alpha value is -3.49. The number of aliphatic hydroxyl groups excluding tert-OH is 1. The van der Waals surface area contributed by atoms with Gasteiger partial charge in [0, 0.05) is 5.56 Å². The summed E-state index contributed by atoms with van der Waals surface area (Å²) in [6, 6.07) is 23.9. The van der Waals surface area contributed by atoms with Crippen molar-refractivity contribution in [3.8, 4) is 5.75 Å². The van der Waals surface area contributed by atoms with Crippen LogP contribution in [0, 0.1) is 0 Å². The molecule has 0 atom stereocenters. The number of hydrogen-bond acceptors (Lipinski definition) is 6. The Morgan fingerprint density at radius 1 is 0.968 bits per heavy atom. The van der Waals surface area contributed by atoms with Crippen molar-refractivity contribution in [1.82, 2.24) is 5.01 Å². The lowest BCUT2D eigenvalue weighted by Gasteiger charge is -2.17. The van der Waals surface area contributed by atoms with Gasteiger partial charge in [0.1, 0.15) is 17.3 Å². The van der Waals surface area contributed by atoms with E-state index in [2.05, 4.69) is 9.50 Å². The fourth-order valence-electron chi connectivity index (χ4n) is 3.12. The van der Waals surface area contributed by atoms with Gasteiger partial charge in [0.05, 0.1) is 19.4 Å². The van der Waals surface area contributed by atoms with Crippen LogP contribution in [-0.4, -0.2) is 43.7 Å². The summed E-state index contributed by atoms with van der Waals surface area (Å²) in [5.74, 6) is 0.928. The predicted octanol–water partition coefficient (Wildman–Crippen LogP) is 3.04. The summed E-state index contributed by atoms with van der Waals surface area (Å²) in [4.78, 5) is 0.142.